The lowest BCUT2D eigenvalue weighted by Crippen LogP contribution is -2.49. The van der Waals surface area contributed by atoms with Gasteiger partial charge < -0.3 is 9.88 Å². The second kappa shape index (κ2) is 8.12. The van der Waals surface area contributed by atoms with Crippen LogP contribution >= 0.6 is 0 Å². The molecule has 4 rings (SSSR count). The molecule has 1 aliphatic rings. The Morgan fingerprint density at radius 3 is 2.54 bits per heavy atom. The third-order valence-electron chi connectivity index (χ3n) is 5.40. The van der Waals surface area contributed by atoms with Gasteiger partial charge in [0.1, 0.15) is 5.82 Å². The predicted octanol–water partition coefficient (Wildman–Crippen LogP) is 2.65. The minimum atomic E-state index is 0.132. The molecular formula is C22H27N5O. The minimum absolute atomic E-state index is 0.132. The number of aromatic amines is 1. The van der Waals surface area contributed by atoms with Crippen molar-refractivity contribution in [2.24, 2.45) is 0 Å². The van der Waals surface area contributed by atoms with E-state index >= 15 is 0 Å². The number of imidazole rings is 1. The van der Waals surface area contributed by atoms with E-state index in [9.17, 15) is 4.79 Å². The number of para-hydroxylation sites is 1. The Morgan fingerprint density at radius 1 is 1.07 bits per heavy atom. The van der Waals surface area contributed by atoms with Crippen LogP contribution in [0.1, 0.15) is 11.4 Å². The number of fused-ring (bicyclic) bond motifs is 1. The van der Waals surface area contributed by atoms with Gasteiger partial charge in [-0.1, -0.05) is 24.3 Å². The van der Waals surface area contributed by atoms with Crippen molar-refractivity contribution in [3.63, 3.8) is 0 Å². The van der Waals surface area contributed by atoms with E-state index in [1.54, 1.807) is 4.90 Å². The molecule has 2 heterocycles. The van der Waals surface area contributed by atoms with Crippen molar-refractivity contribution in [3.05, 3.63) is 59.9 Å². The zero-order valence-electron chi connectivity index (χ0n) is 16.6. The summed E-state index contributed by atoms with van der Waals surface area (Å²) in [5.41, 5.74) is 4.30. The molecule has 0 aliphatic carbocycles. The van der Waals surface area contributed by atoms with Gasteiger partial charge in [-0.3, -0.25) is 14.6 Å². The van der Waals surface area contributed by atoms with Crippen LogP contribution in [0.2, 0.25) is 0 Å². The summed E-state index contributed by atoms with van der Waals surface area (Å²) in [6.45, 7) is 7.05. The molecule has 146 valence electrons. The standard InChI is InChI=1S/C22H27N5O/c1-17-8-9-19-20(14-17)24-21(23-19)15-26-10-12-27(13-11-26)16-22(28)25(2)18-6-4-3-5-7-18/h3-9,14H,10-13,15-16H2,1-2H3,(H,23,24). The number of aryl methyl sites for hydroxylation is 1. The predicted molar refractivity (Wildman–Crippen MR) is 112 cm³/mol. The Bertz CT molecular complexity index is 944. The average molecular weight is 377 g/mol. The Morgan fingerprint density at radius 2 is 1.79 bits per heavy atom. The molecule has 0 spiro atoms. The van der Waals surface area contributed by atoms with Crippen molar-refractivity contribution in [1.29, 1.82) is 0 Å². The number of rotatable bonds is 5. The zero-order chi connectivity index (χ0) is 19.5. The molecule has 0 saturated carbocycles. The van der Waals surface area contributed by atoms with Gasteiger partial charge in [-0.05, 0) is 36.8 Å². The van der Waals surface area contributed by atoms with Crippen molar-refractivity contribution in [2.45, 2.75) is 13.5 Å². The van der Waals surface area contributed by atoms with Crippen LogP contribution in [0, 0.1) is 6.92 Å². The largest absolute Gasteiger partial charge is 0.341 e. The monoisotopic (exact) mass is 377 g/mol. The lowest BCUT2D eigenvalue weighted by Gasteiger charge is -2.34. The van der Waals surface area contributed by atoms with Crippen LogP contribution in [0.15, 0.2) is 48.5 Å². The summed E-state index contributed by atoms with van der Waals surface area (Å²) >= 11 is 0. The number of carbonyl (C=O) groups excluding carboxylic acids is 1. The first-order valence-electron chi connectivity index (χ1n) is 9.80. The van der Waals surface area contributed by atoms with E-state index in [4.69, 9.17) is 4.98 Å². The van der Waals surface area contributed by atoms with Crippen molar-refractivity contribution in [2.75, 3.05) is 44.7 Å². The van der Waals surface area contributed by atoms with Gasteiger partial charge in [-0.25, -0.2) is 4.98 Å². The van der Waals surface area contributed by atoms with E-state index in [1.807, 2.05) is 37.4 Å². The molecule has 1 saturated heterocycles. The lowest BCUT2D eigenvalue weighted by atomic mass is 10.2. The van der Waals surface area contributed by atoms with Gasteiger partial charge in [0.05, 0.1) is 24.1 Å². The molecular weight excluding hydrogens is 350 g/mol. The van der Waals surface area contributed by atoms with Gasteiger partial charge >= 0.3 is 0 Å². The summed E-state index contributed by atoms with van der Waals surface area (Å²) in [5, 5.41) is 0. The SMILES string of the molecule is Cc1ccc2nc(CN3CCN(CC(=O)N(C)c4ccccc4)CC3)[nH]c2c1. The van der Waals surface area contributed by atoms with Crippen molar-refractivity contribution < 1.29 is 4.79 Å². The van der Waals surface area contributed by atoms with Gasteiger partial charge in [0.2, 0.25) is 5.91 Å². The summed E-state index contributed by atoms with van der Waals surface area (Å²) in [7, 11) is 1.84. The molecule has 3 aromatic rings. The summed E-state index contributed by atoms with van der Waals surface area (Å²) in [5.74, 6) is 1.14. The smallest absolute Gasteiger partial charge is 0.240 e. The van der Waals surface area contributed by atoms with E-state index in [-0.39, 0.29) is 5.91 Å². The first-order valence-corrected chi connectivity index (χ1v) is 9.80. The molecule has 0 bridgehead atoms. The number of aromatic nitrogens is 2. The molecule has 1 aromatic heterocycles. The average Bonchev–Trinajstić information content (AvgIpc) is 3.10. The molecule has 0 atom stereocenters. The molecule has 2 aromatic carbocycles. The summed E-state index contributed by atoms with van der Waals surface area (Å²) in [6.07, 6.45) is 0. The highest BCUT2D eigenvalue weighted by molar-refractivity contribution is 5.94. The number of benzene rings is 2. The van der Waals surface area contributed by atoms with Gasteiger partial charge in [-0.2, -0.15) is 0 Å². The number of carbonyl (C=O) groups is 1. The minimum Gasteiger partial charge on any atom is -0.341 e. The molecule has 0 radical (unpaired) electrons. The highest BCUT2D eigenvalue weighted by atomic mass is 16.2. The fraction of sp³-hybridized carbons (Fsp3) is 0.364. The second-order valence-corrected chi connectivity index (χ2v) is 7.54. The van der Waals surface area contributed by atoms with Crippen LogP contribution in [0.4, 0.5) is 5.69 Å². The second-order valence-electron chi connectivity index (χ2n) is 7.54. The molecule has 1 N–H and O–H groups in total. The maximum atomic E-state index is 12.6. The highest BCUT2D eigenvalue weighted by Crippen LogP contribution is 2.16. The summed E-state index contributed by atoms with van der Waals surface area (Å²) < 4.78 is 0. The van der Waals surface area contributed by atoms with Gasteiger partial charge in [0.15, 0.2) is 0 Å². The highest BCUT2D eigenvalue weighted by Gasteiger charge is 2.21. The Hall–Kier alpha value is -2.70. The van der Waals surface area contributed by atoms with Gasteiger partial charge in [0.25, 0.3) is 0 Å². The third kappa shape index (κ3) is 4.24. The number of likely N-dealkylation sites (N-methyl/N-ethyl adjacent to an activating group) is 1. The number of hydrogen-bond donors (Lipinski definition) is 1. The van der Waals surface area contributed by atoms with Gasteiger partial charge in [-0.15, -0.1) is 0 Å². The van der Waals surface area contributed by atoms with Crippen LogP contribution in [0.5, 0.6) is 0 Å². The number of piperazine rings is 1. The first-order chi connectivity index (χ1) is 13.6. The van der Waals surface area contributed by atoms with E-state index in [2.05, 4.69) is 39.9 Å². The topological polar surface area (TPSA) is 55.5 Å². The normalized spacial score (nSPS) is 15.8. The number of anilines is 1. The molecule has 1 aliphatic heterocycles. The number of hydrogen-bond acceptors (Lipinski definition) is 4. The first kappa shape index (κ1) is 18.7. The number of nitrogens with zero attached hydrogens (tertiary/aromatic N) is 4. The molecule has 1 amide bonds. The fourth-order valence-corrected chi connectivity index (χ4v) is 3.66. The van der Waals surface area contributed by atoms with Crippen LogP contribution in [-0.2, 0) is 11.3 Å². The van der Waals surface area contributed by atoms with Crippen molar-refractivity contribution >= 4 is 22.6 Å². The molecule has 1 fully saturated rings. The maximum Gasteiger partial charge on any atom is 0.240 e. The fourth-order valence-electron chi connectivity index (χ4n) is 3.66. The van der Waals surface area contributed by atoms with Crippen LogP contribution < -0.4 is 4.90 Å². The van der Waals surface area contributed by atoms with E-state index in [0.717, 1.165) is 55.3 Å². The van der Waals surface area contributed by atoms with E-state index < -0.39 is 0 Å². The third-order valence-corrected chi connectivity index (χ3v) is 5.40. The van der Waals surface area contributed by atoms with Crippen LogP contribution in [-0.4, -0.2) is 65.4 Å². The summed E-state index contributed by atoms with van der Waals surface area (Å²) in [4.78, 5) is 27.1. The van der Waals surface area contributed by atoms with E-state index in [0.29, 0.717) is 6.54 Å². The van der Waals surface area contributed by atoms with E-state index in [1.165, 1.54) is 5.56 Å². The number of amides is 1. The van der Waals surface area contributed by atoms with Crippen molar-refractivity contribution in [3.8, 4) is 0 Å². The lowest BCUT2D eigenvalue weighted by molar-refractivity contribution is -0.119. The maximum absolute atomic E-state index is 12.6. The number of nitrogens with one attached hydrogen (secondary N) is 1. The quantitative estimate of drug-likeness (QED) is 0.743. The summed E-state index contributed by atoms with van der Waals surface area (Å²) in [6, 6.07) is 16.1. The molecule has 28 heavy (non-hydrogen) atoms. The Balaban J connectivity index is 1.28. The number of H-pyrrole nitrogens is 1. The van der Waals surface area contributed by atoms with Crippen molar-refractivity contribution in [1.82, 2.24) is 19.8 Å². The van der Waals surface area contributed by atoms with Crippen LogP contribution in [0.3, 0.4) is 0 Å². The zero-order valence-corrected chi connectivity index (χ0v) is 16.6. The Labute approximate surface area is 165 Å². The van der Waals surface area contributed by atoms with Crippen LogP contribution in [0.25, 0.3) is 11.0 Å². The molecule has 6 heteroatoms. The molecule has 6 nitrogen and oxygen atoms in total. The molecule has 0 unspecified atom stereocenters. The van der Waals surface area contributed by atoms with Gasteiger partial charge in [0, 0.05) is 38.9 Å². The Kier molecular flexibility index (Phi) is 5.41.